The molecule has 1 heterocycles. The van der Waals surface area contributed by atoms with Gasteiger partial charge in [0.05, 0.1) is 18.3 Å². The number of ether oxygens (including phenoxy) is 1. The van der Waals surface area contributed by atoms with Crippen molar-refractivity contribution in [3.05, 3.63) is 29.4 Å². The number of nitrogens with one attached hydrogen (secondary N) is 1. The van der Waals surface area contributed by atoms with E-state index in [1.54, 1.807) is 32.5 Å². The average molecular weight is 251 g/mol. The van der Waals surface area contributed by atoms with Crippen molar-refractivity contribution in [2.45, 2.75) is 0 Å². The number of hydrogen-bond acceptors (Lipinski definition) is 5. The summed E-state index contributed by atoms with van der Waals surface area (Å²) >= 11 is 6.04. The Morgan fingerprint density at radius 3 is 2.82 bits per heavy atom. The zero-order valence-electron chi connectivity index (χ0n) is 9.44. The number of anilines is 1. The quantitative estimate of drug-likeness (QED) is 0.905. The van der Waals surface area contributed by atoms with E-state index in [-0.39, 0.29) is 0 Å². The van der Waals surface area contributed by atoms with Crippen LogP contribution in [0, 0.1) is 0 Å². The maximum atomic E-state index is 6.04. The zero-order valence-corrected chi connectivity index (χ0v) is 10.2. The van der Waals surface area contributed by atoms with Gasteiger partial charge in [0.2, 0.25) is 0 Å². The maximum Gasteiger partial charge on any atom is 0.183 e. The number of benzene rings is 1. The van der Waals surface area contributed by atoms with Gasteiger partial charge in [-0.15, -0.1) is 5.10 Å². The van der Waals surface area contributed by atoms with Gasteiger partial charge in [-0.05, 0) is 18.2 Å². The van der Waals surface area contributed by atoms with Crippen molar-refractivity contribution in [3.63, 3.8) is 0 Å². The molecule has 0 aliphatic rings. The van der Waals surface area contributed by atoms with E-state index in [1.165, 1.54) is 0 Å². The smallest absolute Gasteiger partial charge is 0.183 e. The van der Waals surface area contributed by atoms with E-state index in [0.29, 0.717) is 22.4 Å². The lowest BCUT2D eigenvalue weighted by molar-refractivity contribution is 0.415. The Bertz CT molecular complexity index is 533. The van der Waals surface area contributed by atoms with Crippen molar-refractivity contribution in [2.24, 2.45) is 0 Å². The molecule has 0 atom stereocenters. The topological polar surface area (TPSA) is 59.9 Å². The molecule has 0 saturated heterocycles. The highest BCUT2D eigenvalue weighted by Crippen LogP contribution is 2.28. The molecule has 17 heavy (non-hydrogen) atoms. The maximum absolute atomic E-state index is 6.04. The highest BCUT2D eigenvalue weighted by Gasteiger charge is 2.07. The first-order valence-electron chi connectivity index (χ1n) is 4.96. The van der Waals surface area contributed by atoms with E-state index in [1.807, 2.05) is 6.07 Å². The third-order valence-electron chi connectivity index (χ3n) is 2.22. The summed E-state index contributed by atoms with van der Waals surface area (Å²) in [5.41, 5.74) is 0.792. The fraction of sp³-hybridized carbons (Fsp3) is 0.182. The van der Waals surface area contributed by atoms with Crippen molar-refractivity contribution in [3.8, 4) is 17.1 Å². The van der Waals surface area contributed by atoms with E-state index in [9.17, 15) is 0 Å². The van der Waals surface area contributed by atoms with Crippen LogP contribution in [0.15, 0.2) is 24.4 Å². The SMILES string of the molecule is CNc1cnnc(-c2ccc(OC)c(Cl)c2)n1. The first kappa shape index (κ1) is 11.6. The Kier molecular flexibility index (Phi) is 3.39. The molecule has 0 unspecified atom stereocenters. The highest BCUT2D eigenvalue weighted by molar-refractivity contribution is 6.32. The molecule has 0 radical (unpaired) electrons. The lowest BCUT2D eigenvalue weighted by Gasteiger charge is -2.05. The molecule has 2 aromatic rings. The molecular formula is C11H11ClN4O. The molecule has 1 N–H and O–H groups in total. The average Bonchev–Trinajstić information content (AvgIpc) is 2.38. The molecule has 0 spiro atoms. The van der Waals surface area contributed by atoms with Crippen LogP contribution >= 0.6 is 11.6 Å². The van der Waals surface area contributed by atoms with Crippen LogP contribution in [0.3, 0.4) is 0 Å². The number of halogens is 1. The standard InChI is InChI=1S/C11H11ClN4O/c1-13-10-6-14-16-11(15-10)7-3-4-9(17-2)8(12)5-7/h3-6H,1-2H3,(H,13,15,16). The highest BCUT2D eigenvalue weighted by atomic mass is 35.5. The van der Waals surface area contributed by atoms with Gasteiger partial charge in [0.25, 0.3) is 0 Å². The second-order valence-electron chi connectivity index (χ2n) is 3.26. The third-order valence-corrected chi connectivity index (χ3v) is 2.52. The van der Waals surface area contributed by atoms with Gasteiger partial charge >= 0.3 is 0 Å². The molecule has 0 amide bonds. The summed E-state index contributed by atoms with van der Waals surface area (Å²) in [6.45, 7) is 0. The normalized spacial score (nSPS) is 10.1. The van der Waals surface area contributed by atoms with Crippen LogP contribution in [0.5, 0.6) is 5.75 Å². The summed E-state index contributed by atoms with van der Waals surface area (Å²) in [6.07, 6.45) is 1.55. The summed E-state index contributed by atoms with van der Waals surface area (Å²) in [5.74, 6) is 1.79. The molecule has 88 valence electrons. The predicted octanol–water partition coefficient (Wildman–Crippen LogP) is 2.24. The van der Waals surface area contributed by atoms with Crippen LogP contribution in [0.1, 0.15) is 0 Å². The third kappa shape index (κ3) is 2.45. The second kappa shape index (κ2) is 4.97. The summed E-state index contributed by atoms with van der Waals surface area (Å²) in [7, 11) is 3.34. The number of hydrogen-bond donors (Lipinski definition) is 1. The van der Waals surface area contributed by atoms with E-state index >= 15 is 0 Å². The zero-order chi connectivity index (χ0) is 12.3. The van der Waals surface area contributed by atoms with Crippen LogP contribution < -0.4 is 10.1 Å². The predicted molar refractivity (Wildman–Crippen MR) is 66.4 cm³/mol. The molecule has 0 aliphatic heterocycles. The van der Waals surface area contributed by atoms with E-state index in [4.69, 9.17) is 16.3 Å². The number of aromatic nitrogens is 3. The van der Waals surface area contributed by atoms with Gasteiger partial charge in [-0.2, -0.15) is 5.10 Å². The summed E-state index contributed by atoms with van der Waals surface area (Å²) in [4.78, 5) is 4.27. The van der Waals surface area contributed by atoms with Crippen molar-refractivity contribution >= 4 is 17.4 Å². The lowest BCUT2D eigenvalue weighted by atomic mass is 10.2. The van der Waals surface area contributed by atoms with Gasteiger partial charge < -0.3 is 10.1 Å². The van der Waals surface area contributed by atoms with Crippen molar-refractivity contribution in [1.29, 1.82) is 0 Å². The summed E-state index contributed by atoms with van der Waals surface area (Å²) < 4.78 is 5.08. The first-order valence-corrected chi connectivity index (χ1v) is 5.34. The van der Waals surface area contributed by atoms with Crippen LogP contribution in [0.2, 0.25) is 5.02 Å². The minimum absolute atomic E-state index is 0.515. The number of nitrogens with zero attached hydrogens (tertiary/aromatic N) is 3. The largest absolute Gasteiger partial charge is 0.495 e. The minimum Gasteiger partial charge on any atom is -0.495 e. The van der Waals surface area contributed by atoms with Crippen molar-refractivity contribution in [1.82, 2.24) is 15.2 Å². The Morgan fingerprint density at radius 2 is 2.18 bits per heavy atom. The summed E-state index contributed by atoms with van der Waals surface area (Å²) in [6, 6.07) is 5.35. The van der Waals surface area contributed by atoms with Crippen LogP contribution in [0.25, 0.3) is 11.4 Å². The first-order chi connectivity index (χ1) is 8.24. The number of methoxy groups -OCH3 is 1. The molecule has 2 rings (SSSR count). The van der Waals surface area contributed by atoms with Gasteiger partial charge in [0.1, 0.15) is 11.6 Å². The Hall–Kier alpha value is -1.88. The van der Waals surface area contributed by atoms with Crippen LogP contribution in [-0.2, 0) is 0 Å². The second-order valence-corrected chi connectivity index (χ2v) is 3.67. The van der Waals surface area contributed by atoms with Gasteiger partial charge in [-0.1, -0.05) is 11.6 Å². The Balaban J connectivity index is 2.42. The molecule has 6 heteroatoms. The fourth-order valence-electron chi connectivity index (χ4n) is 1.35. The van der Waals surface area contributed by atoms with E-state index in [0.717, 1.165) is 5.56 Å². The van der Waals surface area contributed by atoms with Gasteiger partial charge in [0.15, 0.2) is 5.82 Å². The van der Waals surface area contributed by atoms with Crippen LogP contribution in [-0.4, -0.2) is 29.3 Å². The molecule has 0 aliphatic carbocycles. The lowest BCUT2D eigenvalue weighted by Crippen LogP contribution is -1.98. The molecular weight excluding hydrogens is 240 g/mol. The van der Waals surface area contributed by atoms with E-state index in [2.05, 4.69) is 20.5 Å². The fourth-order valence-corrected chi connectivity index (χ4v) is 1.61. The molecule has 0 fully saturated rings. The molecule has 5 nitrogen and oxygen atoms in total. The molecule has 0 bridgehead atoms. The number of rotatable bonds is 3. The van der Waals surface area contributed by atoms with Crippen LogP contribution in [0.4, 0.5) is 5.82 Å². The Labute approximate surface area is 104 Å². The van der Waals surface area contributed by atoms with Gasteiger partial charge in [-0.3, -0.25) is 0 Å². The van der Waals surface area contributed by atoms with Gasteiger partial charge in [0, 0.05) is 12.6 Å². The molecule has 1 aromatic carbocycles. The van der Waals surface area contributed by atoms with Gasteiger partial charge in [-0.25, -0.2) is 4.98 Å². The summed E-state index contributed by atoms with van der Waals surface area (Å²) in [5, 5.41) is 11.2. The van der Waals surface area contributed by atoms with Crippen molar-refractivity contribution in [2.75, 3.05) is 19.5 Å². The monoisotopic (exact) mass is 250 g/mol. The van der Waals surface area contributed by atoms with E-state index < -0.39 is 0 Å². The minimum atomic E-state index is 0.515. The Morgan fingerprint density at radius 1 is 1.35 bits per heavy atom. The molecule has 1 aromatic heterocycles. The molecule has 0 saturated carbocycles. The van der Waals surface area contributed by atoms with Crippen molar-refractivity contribution < 1.29 is 4.74 Å².